The van der Waals surface area contributed by atoms with E-state index in [0.717, 1.165) is 0 Å². The average molecular weight is 204 g/mol. The van der Waals surface area contributed by atoms with Gasteiger partial charge in [0.1, 0.15) is 0 Å². The molecule has 78 valence electrons. The second kappa shape index (κ2) is 2.84. The first-order valence-corrected chi connectivity index (χ1v) is 6.59. The van der Waals surface area contributed by atoms with Crippen LogP contribution >= 0.6 is 7.37 Å². The van der Waals surface area contributed by atoms with Crippen LogP contribution in [0.3, 0.4) is 0 Å². The molecule has 1 rings (SSSR count). The predicted molar refractivity (Wildman–Crippen MR) is 56.6 cm³/mol. The Labute approximate surface area is 81.5 Å². The van der Waals surface area contributed by atoms with Crippen molar-refractivity contribution in [2.24, 2.45) is 5.92 Å². The molecule has 1 saturated heterocycles. The smallest absolute Gasteiger partial charge is 0.214 e. The van der Waals surface area contributed by atoms with Gasteiger partial charge in [0.2, 0.25) is 7.37 Å². The van der Waals surface area contributed by atoms with Crippen molar-refractivity contribution in [1.82, 2.24) is 0 Å². The summed E-state index contributed by atoms with van der Waals surface area (Å²) in [6, 6.07) is 0. The van der Waals surface area contributed by atoms with Gasteiger partial charge in [0.15, 0.2) is 0 Å². The summed E-state index contributed by atoms with van der Waals surface area (Å²) in [7, 11) is -2.45. The van der Waals surface area contributed by atoms with Gasteiger partial charge in [-0.1, -0.05) is 34.6 Å². The van der Waals surface area contributed by atoms with Crippen LogP contribution in [0.25, 0.3) is 0 Å². The third kappa shape index (κ3) is 1.08. The van der Waals surface area contributed by atoms with Gasteiger partial charge in [-0.05, 0) is 12.8 Å². The molecule has 0 aliphatic carbocycles. The lowest BCUT2D eigenvalue weighted by atomic mass is 9.83. The van der Waals surface area contributed by atoms with Crippen molar-refractivity contribution >= 4 is 7.37 Å². The van der Waals surface area contributed by atoms with E-state index in [1.807, 2.05) is 6.92 Å². The van der Waals surface area contributed by atoms with E-state index in [0.29, 0.717) is 12.5 Å². The molecule has 2 nitrogen and oxygen atoms in total. The summed E-state index contributed by atoms with van der Waals surface area (Å²) in [4.78, 5) is 0. The zero-order chi connectivity index (χ0) is 10.5. The first-order valence-electron chi connectivity index (χ1n) is 4.96. The van der Waals surface area contributed by atoms with E-state index in [4.69, 9.17) is 4.52 Å². The summed E-state index contributed by atoms with van der Waals surface area (Å²) in [5.41, 5.74) is 0. The monoisotopic (exact) mass is 204 g/mol. The molecule has 1 aliphatic rings. The number of hydrogen-bond acceptors (Lipinski definition) is 2. The minimum Gasteiger partial charge on any atom is -0.328 e. The molecule has 1 aliphatic heterocycles. The fourth-order valence-corrected chi connectivity index (χ4v) is 6.54. The first-order chi connectivity index (χ1) is 5.72. The molecular formula is C10H21O2P. The molecule has 0 aromatic rings. The van der Waals surface area contributed by atoms with E-state index in [2.05, 4.69) is 34.6 Å². The third-order valence-electron chi connectivity index (χ3n) is 3.95. The second-order valence-electron chi connectivity index (χ2n) is 5.00. The van der Waals surface area contributed by atoms with Crippen LogP contribution in [-0.4, -0.2) is 16.9 Å². The molecule has 1 heterocycles. The zero-order valence-electron chi connectivity index (χ0n) is 9.55. The highest BCUT2D eigenvalue weighted by Gasteiger charge is 2.69. The Kier molecular flexibility index (Phi) is 2.46. The van der Waals surface area contributed by atoms with Crippen LogP contribution in [-0.2, 0) is 9.09 Å². The van der Waals surface area contributed by atoms with Gasteiger partial charge in [-0.15, -0.1) is 0 Å². The van der Waals surface area contributed by atoms with Crippen LogP contribution in [0.1, 0.15) is 41.5 Å². The molecule has 0 unspecified atom stereocenters. The van der Waals surface area contributed by atoms with Gasteiger partial charge in [-0.2, -0.15) is 0 Å². The standard InChI is InChI=1S/C10H21O2P/c1-7-12-13(11)9(3,4)8(2)10(13,5)6/h8H,7H2,1-6H3. The molecule has 0 aromatic heterocycles. The predicted octanol–water partition coefficient (Wildman–Crippen LogP) is 3.51. The number of rotatable bonds is 2. The van der Waals surface area contributed by atoms with Crippen LogP contribution in [0.2, 0.25) is 0 Å². The molecule has 0 bridgehead atoms. The maximum absolute atomic E-state index is 12.6. The van der Waals surface area contributed by atoms with Crippen molar-refractivity contribution in [3.8, 4) is 0 Å². The quantitative estimate of drug-likeness (QED) is 0.643. The van der Waals surface area contributed by atoms with E-state index in [1.165, 1.54) is 0 Å². The van der Waals surface area contributed by atoms with Crippen molar-refractivity contribution in [2.75, 3.05) is 6.61 Å². The van der Waals surface area contributed by atoms with Gasteiger partial charge in [0.25, 0.3) is 0 Å². The number of hydrogen-bond donors (Lipinski definition) is 0. The van der Waals surface area contributed by atoms with Gasteiger partial charge in [-0.25, -0.2) is 0 Å². The summed E-state index contributed by atoms with van der Waals surface area (Å²) in [6.07, 6.45) is 0. The third-order valence-corrected chi connectivity index (χ3v) is 8.38. The summed E-state index contributed by atoms with van der Waals surface area (Å²) in [6.45, 7) is 12.8. The van der Waals surface area contributed by atoms with Gasteiger partial charge in [0.05, 0.1) is 6.61 Å². The summed E-state index contributed by atoms with van der Waals surface area (Å²) >= 11 is 0. The van der Waals surface area contributed by atoms with Crippen molar-refractivity contribution in [3.63, 3.8) is 0 Å². The molecule has 3 heteroatoms. The Balaban J connectivity index is 3.03. The second-order valence-corrected chi connectivity index (χ2v) is 8.66. The Morgan fingerprint density at radius 1 is 1.23 bits per heavy atom. The molecule has 0 aromatic carbocycles. The van der Waals surface area contributed by atoms with Gasteiger partial charge in [-0.3, -0.25) is 4.57 Å². The zero-order valence-corrected chi connectivity index (χ0v) is 10.4. The normalized spacial score (nSPS) is 41.2. The molecule has 0 atom stereocenters. The SMILES string of the molecule is CCOP1(=O)C(C)(C)C(C)C1(C)C. The van der Waals surface area contributed by atoms with E-state index < -0.39 is 7.37 Å². The van der Waals surface area contributed by atoms with Crippen molar-refractivity contribution < 1.29 is 9.09 Å². The summed E-state index contributed by atoms with van der Waals surface area (Å²) in [5.74, 6) is 0.456. The summed E-state index contributed by atoms with van der Waals surface area (Å²) < 4.78 is 18.1. The molecule has 1 fully saturated rings. The molecule has 0 radical (unpaired) electrons. The van der Waals surface area contributed by atoms with E-state index in [9.17, 15) is 4.57 Å². The highest BCUT2D eigenvalue weighted by Crippen LogP contribution is 2.82. The lowest BCUT2D eigenvalue weighted by Gasteiger charge is -2.61. The van der Waals surface area contributed by atoms with Gasteiger partial charge >= 0.3 is 0 Å². The largest absolute Gasteiger partial charge is 0.328 e. The fourth-order valence-electron chi connectivity index (χ4n) is 2.57. The van der Waals surface area contributed by atoms with Crippen LogP contribution in [0, 0.1) is 5.92 Å². The van der Waals surface area contributed by atoms with Crippen LogP contribution in [0.15, 0.2) is 0 Å². The Morgan fingerprint density at radius 3 is 1.92 bits per heavy atom. The molecule has 0 N–H and O–H groups in total. The van der Waals surface area contributed by atoms with Gasteiger partial charge < -0.3 is 4.52 Å². The Bertz CT molecular complexity index is 236. The van der Waals surface area contributed by atoms with E-state index in [1.54, 1.807) is 0 Å². The minimum absolute atomic E-state index is 0.146. The lowest BCUT2D eigenvalue weighted by Crippen LogP contribution is -2.57. The highest BCUT2D eigenvalue weighted by atomic mass is 31.2. The Hall–Kier alpha value is 0.190. The van der Waals surface area contributed by atoms with Crippen LogP contribution in [0.5, 0.6) is 0 Å². The molecule has 0 saturated carbocycles. The maximum atomic E-state index is 12.6. The van der Waals surface area contributed by atoms with E-state index in [-0.39, 0.29) is 10.3 Å². The fraction of sp³-hybridized carbons (Fsp3) is 1.00. The Morgan fingerprint density at radius 2 is 1.62 bits per heavy atom. The molecular weight excluding hydrogens is 183 g/mol. The maximum Gasteiger partial charge on any atom is 0.214 e. The highest BCUT2D eigenvalue weighted by molar-refractivity contribution is 7.64. The average Bonchev–Trinajstić information content (AvgIpc) is 2.02. The molecule has 0 amide bonds. The van der Waals surface area contributed by atoms with Gasteiger partial charge in [0, 0.05) is 10.3 Å². The van der Waals surface area contributed by atoms with Crippen molar-refractivity contribution in [3.05, 3.63) is 0 Å². The van der Waals surface area contributed by atoms with E-state index >= 15 is 0 Å². The van der Waals surface area contributed by atoms with Crippen LogP contribution < -0.4 is 0 Å². The topological polar surface area (TPSA) is 26.3 Å². The lowest BCUT2D eigenvalue weighted by molar-refractivity contribution is 0.186. The molecule has 13 heavy (non-hydrogen) atoms. The summed E-state index contributed by atoms with van der Waals surface area (Å²) in [5, 5.41) is -0.293. The first kappa shape index (κ1) is 11.3. The van der Waals surface area contributed by atoms with Crippen molar-refractivity contribution in [2.45, 2.75) is 51.9 Å². The van der Waals surface area contributed by atoms with Crippen LogP contribution in [0.4, 0.5) is 0 Å². The molecule has 0 spiro atoms. The minimum atomic E-state index is -2.45. The van der Waals surface area contributed by atoms with Crippen molar-refractivity contribution in [1.29, 1.82) is 0 Å².